The number of benzene rings is 2. The van der Waals surface area contributed by atoms with Gasteiger partial charge in [-0.05, 0) is 50.2 Å². The van der Waals surface area contributed by atoms with Gasteiger partial charge >= 0.3 is 0 Å². The third kappa shape index (κ3) is 3.91. The van der Waals surface area contributed by atoms with Crippen LogP contribution in [0.4, 0.5) is 4.39 Å². The zero-order valence-electron chi connectivity index (χ0n) is 14.3. The van der Waals surface area contributed by atoms with E-state index in [1.54, 1.807) is 17.0 Å². The van der Waals surface area contributed by atoms with Crippen molar-refractivity contribution in [1.29, 1.82) is 0 Å². The number of carbonyl (C=O) groups excluding carboxylic acids is 1. The molecule has 1 aromatic heterocycles. The highest BCUT2D eigenvalue weighted by Crippen LogP contribution is 2.26. The number of hydrogen-bond acceptors (Lipinski definition) is 4. The summed E-state index contributed by atoms with van der Waals surface area (Å²) in [6.45, 7) is 3.91. The fourth-order valence-electron chi connectivity index (χ4n) is 2.45. The molecule has 0 fully saturated rings. The second-order valence-electron chi connectivity index (χ2n) is 6.01. The summed E-state index contributed by atoms with van der Waals surface area (Å²) in [6.07, 6.45) is 0. The largest absolute Gasteiger partial charge is 0.419 e. The van der Waals surface area contributed by atoms with Crippen molar-refractivity contribution in [3.05, 3.63) is 70.8 Å². The van der Waals surface area contributed by atoms with E-state index in [4.69, 9.17) is 16.0 Å². The number of halogens is 2. The SMILES string of the molecule is CC(C)N(Cc1nnc(-c2ccccc2Cl)o1)C(=O)c1ccc(F)cc1. The molecule has 0 unspecified atom stereocenters. The molecule has 0 N–H and O–H groups in total. The van der Waals surface area contributed by atoms with Crippen molar-refractivity contribution in [3.8, 4) is 11.5 Å². The first kappa shape index (κ1) is 18.1. The molecular weight excluding hydrogens is 357 g/mol. The van der Waals surface area contributed by atoms with Gasteiger partial charge in [-0.25, -0.2) is 4.39 Å². The predicted molar refractivity (Wildman–Crippen MR) is 96.2 cm³/mol. The highest BCUT2D eigenvalue weighted by molar-refractivity contribution is 6.33. The zero-order valence-corrected chi connectivity index (χ0v) is 15.1. The van der Waals surface area contributed by atoms with Crippen molar-refractivity contribution in [2.45, 2.75) is 26.4 Å². The van der Waals surface area contributed by atoms with E-state index in [2.05, 4.69) is 10.2 Å². The molecule has 1 amide bonds. The number of amides is 1. The van der Waals surface area contributed by atoms with Crippen LogP contribution in [0.2, 0.25) is 5.02 Å². The first-order valence-electron chi connectivity index (χ1n) is 8.09. The van der Waals surface area contributed by atoms with Crippen LogP contribution in [0.3, 0.4) is 0 Å². The summed E-state index contributed by atoms with van der Waals surface area (Å²) in [4.78, 5) is 14.3. The molecule has 3 aromatic rings. The van der Waals surface area contributed by atoms with Crippen LogP contribution in [0.15, 0.2) is 52.9 Å². The molecular formula is C19H17ClFN3O2. The number of hydrogen-bond donors (Lipinski definition) is 0. The molecule has 0 aliphatic heterocycles. The lowest BCUT2D eigenvalue weighted by Crippen LogP contribution is -2.36. The van der Waals surface area contributed by atoms with Crippen LogP contribution in [0.1, 0.15) is 30.1 Å². The summed E-state index contributed by atoms with van der Waals surface area (Å²) in [5.74, 6) is -0.0379. The lowest BCUT2D eigenvalue weighted by atomic mass is 10.1. The number of rotatable bonds is 5. The maximum Gasteiger partial charge on any atom is 0.254 e. The van der Waals surface area contributed by atoms with Gasteiger partial charge < -0.3 is 9.32 Å². The molecule has 0 aliphatic rings. The number of nitrogens with zero attached hydrogens (tertiary/aromatic N) is 3. The van der Waals surface area contributed by atoms with Gasteiger partial charge in [-0.3, -0.25) is 4.79 Å². The first-order valence-corrected chi connectivity index (χ1v) is 8.47. The van der Waals surface area contributed by atoms with E-state index in [1.165, 1.54) is 24.3 Å². The van der Waals surface area contributed by atoms with Crippen LogP contribution < -0.4 is 0 Å². The predicted octanol–water partition coefficient (Wildman–Crippen LogP) is 4.58. The van der Waals surface area contributed by atoms with Gasteiger partial charge in [0.05, 0.1) is 17.1 Å². The Morgan fingerprint density at radius 3 is 2.50 bits per heavy atom. The molecule has 5 nitrogen and oxygen atoms in total. The topological polar surface area (TPSA) is 59.2 Å². The number of aromatic nitrogens is 2. The highest BCUT2D eigenvalue weighted by atomic mass is 35.5. The molecule has 134 valence electrons. The van der Waals surface area contributed by atoms with E-state index in [1.807, 2.05) is 26.0 Å². The third-order valence-corrected chi connectivity index (χ3v) is 4.18. The van der Waals surface area contributed by atoms with Crippen LogP contribution in [0.5, 0.6) is 0 Å². The minimum Gasteiger partial charge on any atom is -0.419 e. The van der Waals surface area contributed by atoms with E-state index < -0.39 is 0 Å². The van der Waals surface area contributed by atoms with Gasteiger partial charge in [0.2, 0.25) is 11.8 Å². The Morgan fingerprint density at radius 2 is 1.85 bits per heavy atom. The molecule has 3 rings (SSSR count). The van der Waals surface area contributed by atoms with Gasteiger partial charge in [-0.2, -0.15) is 0 Å². The average Bonchev–Trinajstić information content (AvgIpc) is 3.08. The fraction of sp³-hybridized carbons (Fsp3) is 0.211. The summed E-state index contributed by atoms with van der Waals surface area (Å²) in [7, 11) is 0. The normalized spacial score (nSPS) is 11.0. The molecule has 7 heteroatoms. The fourth-order valence-corrected chi connectivity index (χ4v) is 2.67. The lowest BCUT2D eigenvalue weighted by Gasteiger charge is -2.25. The maximum absolute atomic E-state index is 13.1. The zero-order chi connectivity index (χ0) is 18.7. The molecule has 1 heterocycles. The Kier molecular flexibility index (Phi) is 5.32. The molecule has 0 saturated carbocycles. The quantitative estimate of drug-likeness (QED) is 0.656. The minimum absolute atomic E-state index is 0.108. The molecule has 0 bridgehead atoms. The first-order chi connectivity index (χ1) is 12.5. The molecule has 0 aliphatic carbocycles. The third-order valence-electron chi connectivity index (χ3n) is 3.85. The van der Waals surface area contributed by atoms with Crippen molar-refractivity contribution in [3.63, 3.8) is 0 Å². The van der Waals surface area contributed by atoms with Crippen LogP contribution in [-0.2, 0) is 6.54 Å². The molecule has 26 heavy (non-hydrogen) atoms. The van der Waals surface area contributed by atoms with Gasteiger partial charge in [0.15, 0.2) is 0 Å². The van der Waals surface area contributed by atoms with Gasteiger partial charge in [-0.15, -0.1) is 10.2 Å². The summed E-state index contributed by atoms with van der Waals surface area (Å²) in [5, 5.41) is 8.54. The molecule has 0 radical (unpaired) electrons. The van der Waals surface area contributed by atoms with Crippen molar-refractivity contribution >= 4 is 17.5 Å². The standard InChI is InChI=1S/C19H17ClFN3O2/c1-12(2)24(19(25)13-7-9-14(21)10-8-13)11-17-22-23-18(26-17)15-5-3-4-6-16(15)20/h3-10,12H,11H2,1-2H3. The summed E-state index contributed by atoms with van der Waals surface area (Å²) >= 11 is 6.14. The Morgan fingerprint density at radius 1 is 1.15 bits per heavy atom. The van der Waals surface area contributed by atoms with Gasteiger partial charge in [0, 0.05) is 11.6 Å². The van der Waals surface area contributed by atoms with E-state index >= 15 is 0 Å². The number of carbonyl (C=O) groups is 1. The Labute approximate surface area is 155 Å². The van der Waals surface area contributed by atoms with Crippen molar-refractivity contribution < 1.29 is 13.6 Å². The molecule has 0 atom stereocenters. The highest BCUT2D eigenvalue weighted by Gasteiger charge is 2.22. The molecule has 0 spiro atoms. The van der Waals surface area contributed by atoms with Crippen LogP contribution >= 0.6 is 11.6 Å². The van der Waals surface area contributed by atoms with E-state index in [9.17, 15) is 9.18 Å². The van der Waals surface area contributed by atoms with Crippen LogP contribution in [0, 0.1) is 5.82 Å². The smallest absolute Gasteiger partial charge is 0.254 e. The monoisotopic (exact) mass is 373 g/mol. The Hall–Kier alpha value is -2.73. The van der Waals surface area contributed by atoms with Gasteiger partial charge in [0.1, 0.15) is 5.82 Å². The summed E-state index contributed by atoms with van der Waals surface area (Å²) in [6, 6.07) is 12.5. The van der Waals surface area contributed by atoms with Crippen LogP contribution in [0.25, 0.3) is 11.5 Å². The van der Waals surface area contributed by atoms with Crippen molar-refractivity contribution in [2.75, 3.05) is 0 Å². The van der Waals surface area contributed by atoms with Gasteiger partial charge in [-0.1, -0.05) is 23.7 Å². The van der Waals surface area contributed by atoms with Crippen LogP contribution in [-0.4, -0.2) is 27.0 Å². The second kappa shape index (κ2) is 7.66. The Bertz CT molecular complexity index is 909. The maximum atomic E-state index is 13.1. The van der Waals surface area contributed by atoms with E-state index in [0.29, 0.717) is 27.9 Å². The Balaban J connectivity index is 1.82. The summed E-state index contributed by atoms with van der Waals surface area (Å²) < 4.78 is 18.8. The van der Waals surface area contributed by atoms with Crippen molar-refractivity contribution in [1.82, 2.24) is 15.1 Å². The van der Waals surface area contributed by atoms with E-state index in [-0.39, 0.29) is 24.3 Å². The summed E-state index contributed by atoms with van der Waals surface area (Å²) in [5.41, 5.74) is 1.03. The molecule has 2 aromatic carbocycles. The minimum atomic E-state index is -0.390. The average molecular weight is 374 g/mol. The second-order valence-corrected chi connectivity index (χ2v) is 6.42. The van der Waals surface area contributed by atoms with Crippen molar-refractivity contribution in [2.24, 2.45) is 0 Å². The lowest BCUT2D eigenvalue weighted by molar-refractivity contribution is 0.0672. The molecule has 0 saturated heterocycles. The van der Waals surface area contributed by atoms with Gasteiger partial charge in [0.25, 0.3) is 5.91 Å². The van der Waals surface area contributed by atoms with E-state index in [0.717, 1.165) is 0 Å².